The molecule has 5 nitrogen and oxygen atoms in total. The van der Waals surface area contributed by atoms with Gasteiger partial charge in [-0.15, -0.1) is 11.3 Å². The molecule has 2 aromatic carbocycles. The molecule has 0 aliphatic rings. The molecule has 0 saturated carbocycles. The highest BCUT2D eigenvalue weighted by Crippen LogP contribution is 2.35. The van der Waals surface area contributed by atoms with Gasteiger partial charge in [0.2, 0.25) is 0 Å². The number of nitriles is 1. The van der Waals surface area contributed by atoms with Crippen LogP contribution >= 0.6 is 46.8 Å². The van der Waals surface area contributed by atoms with E-state index < -0.39 is 5.82 Å². The fourth-order valence-electron chi connectivity index (χ4n) is 2.88. The van der Waals surface area contributed by atoms with Crippen LogP contribution in [-0.4, -0.2) is 15.0 Å². The van der Waals surface area contributed by atoms with Gasteiger partial charge in [0, 0.05) is 40.5 Å². The number of benzene rings is 2. The van der Waals surface area contributed by atoms with E-state index in [0.29, 0.717) is 16.2 Å². The van der Waals surface area contributed by atoms with Gasteiger partial charge < -0.3 is 10.1 Å². The maximum atomic E-state index is 15.2. The van der Waals surface area contributed by atoms with Gasteiger partial charge in [0.25, 0.3) is 0 Å². The fraction of sp³-hybridized carbons (Fsp3) is 0.0435. The number of halogens is 3. The lowest BCUT2D eigenvalue weighted by Gasteiger charge is -2.13. The van der Waals surface area contributed by atoms with Crippen LogP contribution in [0.5, 0.6) is 11.5 Å². The molecule has 0 amide bonds. The average molecular weight is 515 g/mol. The Hall–Kier alpha value is -3.09. The molecule has 1 N–H and O–H groups in total. The molecule has 0 saturated heterocycles. The van der Waals surface area contributed by atoms with E-state index in [1.54, 1.807) is 18.5 Å². The van der Waals surface area contributed by atoms with Gasteiger partial charge in [0.05, 0.1) is 16.7 Å². The second-order valence-electron chi connectivity index (χ2n) is 6.70. The van der Waals surface area contributed by atoms with Crippen LogP contribution in [0.1, 0.15) is 16.8 Å². The SMILES string of the molecule is N#Cc1cc(Cl)cc(Oc2c(Cl)ccc(CNC(=S)c3csc(-c4ccncc4)n3)c2F)c1. The molecule has 2 heterocycles. The fourth-order valence-corrected chi connectivity index (χ4v) is 4.36. The van der Waals surface area contributed by atoms with Crippen molar-refractivity contribution < 1.29 is 9.13 Å². The van der Waals surface area contributed by atoms with Gasteiger partial charge in [0.15, 0.2) is 11.6 Å². The van der Waals surface area contributed by atoms with E-state index in [1.165, 1.54) is 35.6 Å². The standard InChI is InChI=1S/C23H13Cl2FN4OS2/c24-16-7-13(10-27)8-17(9-16)31-21-18(25)2-1-15(20(21)26)11-29-22(32)19-12-33-23(30-19)14-3-5-28-6-4-14/h1-9,12H,11H2,(H,29,32). The first-order chi connectivity index (χ1) is 15.9. The number of hydrogen-bond acceptors (Lipinski definition) is 6. The van der Waals surface area contributed by atoms with Gasteiger partial charge in [0.1, 0.15) is 21.4 Å². The molecule has 0 unspecified atom stereocenters. The third-order valence-corrected chi connectivity index (χ3v) is 6.21. The first-order valence-corrected chi connectivity index (χ1v) is 11.5. The van der Waals surface area contributed by atoms with Crippen LogP contribution in [0.3, 0.4) is 0 Å². The summed E-state index contributed by atoms with van der Waals surface area (Å²) >= 11 is 19.0. The minimum atomic E-state index is -0.646. The smallest absolute Gasteiger partial charge is 0.181 e. The zero-order chi connectivity index (χ0) is 23.4. The molecular weight excluding hydrogens is 502 g/mol. The molecule has 10 heteroatoms. The van der Waals surface area contributed by atoms with E-state index in [2.05, 4.69) is 15.3 Å². The molecule has 0 spiro atoms. The number of ether oxygens (including phenoxy) is 1. The second kappa shape index (κ2) is 10.2. The summed E-state index contributed by atoms with van der Waals surface area (Å²) in [6.07, 6.45) is 3.39. The van der Waals surface area contributed by atoms with Gasteiger partial charge in [-0.25, -0.2) is 9.37 Å². The Kier molecular flexibility index (Phi) is 7.16. The van der Waals surface area contributed by atoms with Gasteiger partial charge >= 0.3 is 0 Å². The Morgan fingerprint density at radius 3 is 2.73 bits per heavy atom. The summed E-state index contributed by atoms with van der Waals surface area (Å²) in [6, 6.07) is 13.2. The Balaban J connectivity index is 1.49. The maximum Gasteiger partial charge on any atom is 0.181 e. The van der Waals surface area contributed by atoms with Crippen molar-refractivity contribution in [3.8, 4) is 28.1 Å². The molecule has 0 fully saturated rings. The topological polar surface area (TPSA) is 70.8 Å². The van der Waals surface area contributed by atoms with Crippen molar-refractivity contribution in [2.75, 3.05) is 0 Å². The lowest BCUT2D eigenvalue weighted by Crippen LogP contribution is -2.22. The third kappa shape index (κ3) is 5.46. The molecule has 4 rings (SSSR count). The van der Waals surface area contributed by atoms with Crippen molar-refractivity contribution in [2.45, 2.75) is 6.54 Å². The number of nitrogens with one attached hydrogen (secondary N) is 1. The van der Waals surface area contributed by atoms with Gasteiger partial charge in [-0.1, -0.05) is 41.5 Å². The number of aromatic nitrogens is 2. The monoisotopic (exact) mass is 514 g/mol. The predicted molar refractivity (Wildman–Crippen MR) is 132 cm³/mol. The van der Waals surface area contributed by atoms with E-state index in [9.17, 15) is 0 Å². The minimum Gasteiger partial charge on any atom is -0.453 e. The van der Waals surface area contributed by atoms with E-state index in [0.717, 1.165) is 10.6 Å². The molecule has 0 radical (unpaired) electrons. The minimum absolute atomic E-state index is 0.0822. The van der Waals surface area contributed by atoms with Crippen LogP contribution in [-0.2, 0) is 6.54 Å². The third-order valence-electron chi connectivity index (χ3n) is 4.45. The number of rotatable bonds is 6. The Bertz CT molecular complexity index is 1370. The van der Waals surface area contributed by atoms with E-state index in [1.807, 2.05) is 23.6 Å². The van der Waals surface area contributed by atoms with Crippen molar-refractivity contribution in [3.05, 3.63) is 92.9 Å². The number of hydrogen-bond donors (Lipinski definition) is 1. The van der Waals surface area contributed by atoms with Gasteiger partial charge in [-0.05, 0) is 36.4 Å². The summed E-state index contributed by atoms with van der Waals surface area (Å²) in [5.74, 6) is -0.611. The summed E-state index contributed by atoms with van der Waals surface area (Å²) in [4.78, 5) is 8.92. The number of thiocarbonyl (C=S) groups is 1. The largest absolute Gasteiger partial charge is 0.453 e. The number of nitrogens with zero attached hydrogens (tertiary/aromatic N) is 3. The van der Waals surface area contributed by atoms with Crippen molar-refractivity contribution >= 4 is 51.7 Å². The van der Waals surface area contributed by atoms with Crippen LogP contribution in [0.15, 0.2) is 60.2 Å². The summed E-state index contributed by atoms with van der Waals surface area (Å²) in [5.41, 5.74) is 2.11. The van der Waals surface area contributed by atoms with E-state index >= 15 is 4.39 Å². The van der Waals surface area contributed by atoms with Crippen molar-refractivity contribution in [1.82, 2.24) is 15.3 Å². The predicted octanol–water partition coefficient (Wildman–Crippen LogP) is 6.78. The van der Waals surface area contributed by atoms with Crippen molar-refractivity contribution in [1.29, 1.82) is 5.26 Å². The zero-order valence-corrected chi connectivity index (χ0v) is 19.8. The van der Waals surface area contributed by atoms with Crippen LogP contribution in [0.4, 0.5) is 4.39 Å². The molecular formula is C23H13Cl2FN4OS2. The first kappa shape index (κ1) is 23.1. The molecule has 0 aliphatic carbocycles. The normalized spacial score (nSPS) is 10.5. The number of pyridine rings is 1. The molecule has 0 atom stereocenters. The highest BCUT2D eigenvalue weighted by atomic mass is 35.5. The average Bonchev–Trinajstić information content (AvgIpc) is 3.32. The molecule has 0 bridgehead atoms. The first-order valence-electron chi connectivity index (χ1n) is 9.44. The molecule has 2 aromatic heterocycles. The summed E-state index contributed by atoms with van der Waals surface area (Å²) in [5, 5.41) is 15.1. The highest BCUT2D eigenvalue weighted by Gasteiger charge is 2.17. The van der Waals surface area contributed by atoms with Gasteiger partial charge in [-0.3, -0.25) is 4.98 Å². The Morgan fingerprint density at radius 2 is 1.97 bits per heavy atom. The van der Waals surface area contributed by atoms with Crippen LogP contribution in [0.25, 0.3) is 10.6 Å². The maximum absolute atomic E-state index is 15.2. The van der Waals surface area contributed by atoms with E-state index in [-0.39, 0.29) is 33.7 Å². The lowest BCUT2D eigenvalue weighted by atomic mass is 10.2. The Morgan fingerprint density at radius 1 is 1.18 bits per heavy atom. The van der Waals surface area contributed by atoms with Crippen molar-refractivity contribution in [2.24, 2.45) is 0 Å². The number of thiazole rings is 1. The molecule has 4 aromatic rings. The summed E-state index contributed by atoms with van der Waals surface area (Å²) < 4.78 is 20.8. The quantitative estimate of drug-likeness (QED) is 0.286. The van der Waals surface area contributed by atoms with E-state index in [4.69, 9.17) is 45.4 Å². The molecule has 164 valence electrons. The Labute approximate surface area is 208 Å². The van der Waals surface area contributed by atoms with Crippen LogP contribution < -0.4 is 10.1 Å². The summed E-state index contributed by atoms with van der Waals surface area (Å²) in [6.45, 7) is 0.0965. The zero-order valence-electron chi connectivity index (χ0n) is 16.7. The molecule has 0 aliphatic heterocycles. The molecule has 33 heavy (non-hydrogen) atoms. The van der Waals surface area contributed by atoms with Crippen LogP contribution in [0.2, 0.25) is 10.0 Å². The highest BCUT2D eigenvalue weighted by molar-refractivity contribution is 7.80. The second-order valence-corrected chi connectivity index (χ2v) is 8.81. The lowest BCUT2D eigenvalue weighted by molar-refractivity contribution is 0.438. The van der Waals surface area contributed by atoms with Crippen molar-refractivity contribution in [3.63, 3.8) is 0 Å². The van der Waals surface area contributed by atoms with Crippen LogP contribution in [0, 0.1) is 17.1 Å². The van der Waals surface area contributed by atoms with Gasteiger partial charge in [-0.2, -0.15) is 5.26 Å². The summed E-state index contributed by atoms with van der Waals surface area (Å²) in [7, 11) is 0.